The van der Waals surface area contributed by atoms with Crippen molar-refractivity contribution in [2.75, 3.05) is 26.9 Å². The third-order valence-corrected chi connectivity index (χ3v) is 5.94. The van der Waals surface area contributed by atoms with E-state index in [0.717, 1.165) is 17.7 Å². The summed E-state index contributed by atoms with van der Waals surface area (Å²) in [5.74, 6) is 0.839. The first-order valence-corrected chi connectivity index (χ1v) is 13.4. The average Bonchev–Trinajstić information content (AvgIpc) is 2.85. The molecule has 0 unspecified atom stereocenters. The number of benzene rings is 1. The summed E-state index contributed by atoms with van der Waals surface area (Å²) < 4.78 is 16.6. The SMILES string of the molecule is CCCCCCCC/C=C\CCCCCCCCO[C@H](CO)COCc1ccc(OC)cc1. The molecule has 1 atom stereocenters. The topological polar surface area (TPSA) is 47.9 Å². The highest BCUT2D eigenvalue weighted by atomic mass is 16.5. The number of methoxy groups -OCH3 is 1. The van der Waals surface area contributed by atoms with Crippen molar-refractivity contribution in [3.8, 4) is 5.75 Å². The lowest BCUT2D eigenvalue weighted by Crippen LogP contribution is -2.24. The Morgan fingerprint density at radius 1 is 0.788 bits per heavy atom. The number of hydrogen-bond acceptors (Lipinski definition) is 4. The molecule has 0 radical (unpaired) electrons. The Morgan fingerprint density at radius 2 is 1.36 bits per heavy atom. The molecular weight excluding hydrogens is 412 g/mol. The van der Waals surface area contributed by atoms with E-state index >= 15 is 0 Å². The number of rotatable bonds is 23. The van der Waals surface area contributed by atoms with Gasteiger partial charge in [0.1, 0.15) is 11.9 Å². The van der Waals surface area contributed by atoms with Crippen LogP contribution in [0, 0.1) is 0 Å². The van der Waals surface area contributed by atoms with Crippen LogP contribution in [0.25, 0.3) is 0 Å². The summed E-state index contributed by atoms with van der Waals surface area (Å²) in [6.07, 6.45) is 22.7. The minimum Gasteiger partial charge on any atom is -0.497 e. The lowest BCUT2D eigenvalue weighted by Gasteiger charge is -2.16. The van der Waals surface area contributed by atoms with Crippen LogP contribution in [0.15, 0.2) is 36.4 Å². The minimum absolute atomic E-state index is 0.00497. The maximum absolute atomic E-state index is 9.50. The molecule has 4 heteroatoms. The zero-order valence-electron chi connectivity index (χ0n) is 21.4. The van der Waals surface area contributed by atoms with Crippen molar-refractivity contribution in [2.24, 2.45) is 0 Å². The minimum atomic E-state index is -0.244. The maximum Gasteiger partial charge on any atom is 0.118 e. The van der Waals surface area contributed by atoms with Crippen molar-refractivity contribution < 1.29 is 19.3 Å². The first-order valence-electron chi connectivity index (χ1n) is 13.4. The van der Waals surface area contributed by atoms with Gasteiger partial charge in [-0.1, -0.05) is 89.0 Å². The van der Waals surface area contributed by atoms with Crippen LogP contribution in [0.2, 0.25) is 0 Å². The van der Waals surface area contributed by atoms with E-state index in [1.165, 1.54) is 83.5 Å². The lowest BCUT2D eigenvalue weighted by molar-refractivity contribution is -0.0473. The van der Waals surface area contributed by atoms with Gasteiger partial charge in [-0.3, -0.25) is 0 Å². The van der Waals surface area contributed by atoms with E-state index in [1.807, 2.05) is 24.3 Å². The van der Waals surface area contributed by atoms with Crippen molar-refractivity contribution in [3.05, 3.63) is 42.0 Å². The summed E-state index contributed by atoms with van der Waals surface area (Å²) in [5.41, 5.74) is 1.08. The van der Waals surface area contributed by atoms with Gasteiger partial charge in [-0.25, -0.2) is 0 Å². The van der Waals surface area contributed by atoms with Gasteiger partial charge in [-0.2, -0.15) is 0 Å². The Labute approximate surface area is 203 Å². The van der Waals surface area contributed by atoms with E-state index in [4.69, 9.17) is 14.2 Å². The normalized spacial score (nSPS) is 12.5. The highest BCUT2D eigenvalue weighted by Crippen LogP contribution is 2.13. The third-order valence-electron chi connectivity index (χ3n) is 5.94. The van der Waals surface area contributed by atoms with Crippen molar-refractivity contribution >= 4 is 0 Å². The molecule has 0 saturated carbocycles. The highest BCUT2D eigenvalue weighted by Gasteiger charge is 2.08. The summed E-state index contributed by atoms with van der Waals surface area (Å²) in [4.78, 5) is 0. The molecule has 0 saturated heterocycles. The Hall–Kier alpha value is -1.36. The summed E-state index contributed by atoms with van der Waals surface area (Å²) >= 11 is 0. The zero-order valence-corrected chi connectivity index (χ0v) is 21.4. The van der Waals surface area contributed by atoms with Crippen LogP contribution in [-0.4, -0.2) is 38.1 Å². The summed E-state index contributed by atoms with van der Waals surface area (Å²) in [6.45, 7) is 3.88. The number of unbranched alkanes of at least 4 members (excludes halogenated alkanes) is 12. The van der Waals surface area contributed by atoms with E-state index in [-0.39, 0.29) is 12.7 Å². The quantitative estimate of drug-likeness (QED) is 0.134. The van der Waals surface area contributed by atoms with Crippen LogP contribution in [-0.2, 0) is 16.1 Å². The molecule has 4 nitrogen and oxygen atoms in total. The zero-order chi connectivity index (χ0) is 23.8. The highest BCUT2D eigenvalue weighted by molar-refractivity contribution is 5.26. The van der Waals surface area contributed by atoms with Crippen LogP contribution >= 0.6 is 0 Å². The molecular formula is C29H50O4. The molecule has 1 aromatic rings. The molecule has 1 N–H and O–H groups in total. The molecule has 0 amide bonds. The van der Waals surface area contributed by atoms with Gasteiger partial charge in [-0.05, 0) is 49.8 Å². The van der Waals surface area contributed by atoms with Gasteiger partial charge in [0.05, 0.1) is 26.9 Å². The van der Waals surface area contributed by atoms with Gasteiger partial charge in [0.25, 0.3) is 0 Å². The van der Waals surface area contributed by atoms with Crippen LogP contribution < -0.4 is 4.74 Å². The van der Waals surface area contributed by atoms with Gasteiger partial charge in [-0.15, -0.1) is 0 Å². The van der Waals surface area contributed by atoms with Crippen LogP contribution in [0.5, 0.6) is 5.75 Å². The Balaban J connectivity index is 1.88. The van der Waals surface area contributed by atoms with E-state index < -0.39 is 0 Å². The van der Waals surface area contributed by atoms with Crippen LogP contribution in [0.1, 0.15) is 102 Å². The monoisotopic (exact) mass is 462 g/mol. The van der Waals surface area contributed by atoms with Crippen LogP contribution in [0.3, 0.4) is 0 Å². The summed E-state index contributed by atoms with van der Waals surface area (Å²) in [7, 11) is 1.66. The first-order chi connectivity index (χ1) is 16.3. The summed E-state index contributed by atoms with van der Waals surface area (Å²) in [5, 5.41) is 9.50. The van der Waals surface area contributed by atoms with Crippen molar-refractivity contribution in [1.29, 1.82) is 0 Å². The average molecular weight is 463 g/mol. The molecule has 0 fully saturated rings. The van der Waals surface area contributed by atoms with Crippen molar-refractivity contribution in [3.63, 3.8) is 0 Å². The lowest BCUT2D eigenvalue weighted by atomic mass is 10.1. The standard InChI is InChI=1S/C29H50O4/c1-3-4-5-6-7-8-9-10-11-12-13-14-15-16-17-18-23-33-29(24-30)26-32-25-27-19-21-28(31-2)22-20-27/h10-11,19-22,29-30H,3-9,12-18,23-26H2,1-2H3/b11-10-/t29-/m1/s1. The number of aliphatic hydroxyl groups excluding tert-OH is 1. The predicted octanol–water partition coefficient (Wildman–Crippen LogP) is 7.63. The Kier molecular flexibility index (Phi) is 20.2. The number of aliphatic hydroxyl groups is 1. The number of hydrogen-bond donors (Lipinski definition) is 1. The number of ether oxygens (including phenoxy) is 3. The molecule has 0 aliphatic rings. The van der Waals surface area contributed by atoms with Crippen molar-refractivity contribution in [2.45, 2.75) is 110 Å². The first kappa shape index (κ1) is 29.7. The second kappa shape index (κ2) is 22.4. The van der Waals surface area contributed by atoms with Gasteiger partial charge < -0.3 is 19.3 Å². The maximum atomic E-state index is 9.50. The van der Waals surface area contributed by atoms with E-state index in [1.54, 1.807) is 7.11 Å². The molecule has 0 spiro atoms. The molecule has 0 aliphatic carbocycles. The second-order valence-electron chi connectivity index (χ2n) is 8.98. The molecule has 0 aromatic heterocycles. The van der Waals surface area contributed by atoms with Crippen LogP contribution in [0.4, 0.5) is 0 Å². The molecule has 1 aromatic carbocycles. The molecule has 33 heavy (non-hydrogen) atoms. The second-order valence-corrected chi connectivity index (χ2v) is 8.98. The molecule has 0 aliphatic heterocycles. The smallest absolute Gasteiger partial charge is 0.118 e. The van der Waals surface area contributed by atoms with E-state index in [2.05, 4.69) is 19.1 Å². The van der Waals surface area contributed by atoms with Crippen molar-refractivity contribution in [1.82, 2.24) is 0 Å². The van der Waals surface area contributed by atoms with Gasteiger partial charge in [0.2, 0.25) is 0 Å². The molecule has 190 valence electrons. The largest absolute Gasteiger partial charge is 0.497 e. The van der Waals surface area contributed by atoms with E-state index in [0.29, 0.717) is 19.8 Å². The fraction of sp³-hybridized carbons (Fsp3) is 0.724. The molecule has 1 rings (SSSR count). The van der Waals surface area contributed by atoms with Gasteiger partial charge in [0.15, 0.2) is 0 Å². The Morgan fingerprint density at radius 3 is 1.94 bits per heavy atom. The van der Waals surface area contributed by atoms with Gasteiger partial charge >= 0.3 is 0 Å². The Bertz CT molecular complexity index is 555. The summed E-state index contributed by atoms with van der Waals surface area (Å²) in [6, 6.07) is 7.82. The molecule has 0 heterocycles. The molecule has 0 bridgehead atoms. The van der Waals surface area contributed by atoms with E-state index in [9.17, 15) is 5.11 Å². The fourth-order valence-corrected chi connectivity index (χ4v) is 3.78. The van der Waals surface area contributed by atoms with Gasteiger partial charge in [0, 0.05) is 6.61 Å². The number of allylic oxidation sites excluding steroid dienone is 2. The predicted molar refractivity (Wildman–Crippen MR) is 139 cm³/mol. The fourth-order valence-electron chi connectivity index (χ4n) is 3.78. The third kappa shape index (κ3) is 17.7.